The van der Waals surface area contributed by atoms with Crippen molar-refractivity contribution in [3.8, 4) is 6.07 Å². The minimum atomic E-state index is 0.141. The van der Waals surface area contributed by atoms with Gasteiger partial charge in [-0.15, -0.1) is 0 Å². The Bertz CT molecular complexity index is 424. The van der Waals surface area contributed by atoms with E-state index in [1.807, 2.05) is 32.0 Å². The lowest BCUT2D eigenvalue weighted by Crippen LogP contribution is -2.30. The molecular weight excluding hydrogens is 226 g/mol. The summed E-state index contributed by atoms with van der Waals surface area (Å²) in [5.74, 6) is 1.53. The fraction of sp³-hybridized carbons (Fsp3) is 0.615. The zero-order valence-electron chi connectivity index (χ0n) is 11.6. The highest BCUT2D eigenvalue weighted by Gasteiger charge is 2.14. The molecule has 1 N–H and O–H groups in total. The summed E-state index contributed by atoms with van der Waals surface area (Å²) in [4.78, 5) is 10.8. The van der Waals surface area contributed by atoms with Crippen molar-refractivity contribution in [2.24, 2.45) is 0 Å². The molecule has 1 aromatic heterocycles. The van der Waals surface area contributed by atoms with Crippen LogP contribution in [0.4, 0.5) is 11.8 Å². The maximum absolute atomic E-state index is 8.75. The molecule has 0 amide bonds. The zero-order valence-corrected chi connectivity index (χ0v) is 11.6. The van der Waals surface area contributed by atoms with Crippen molar-refractivity contribution in [2.45, 2.75) is 39.7 Å². The van der Waals surface area contributed by atoms with E-state index in [1.165, 1.54) is 0 Å². The first-order valence-electron chi connectivity index (χ1n) is 6.27. The molecule has 0 aliphatic carbocycles. The topological polar surface area (TPSA) is 64.8 Å². The van der Waals surface area contributed by atoms with Crippen LogP contribution in [0.1, 0.15) is 32.3 Å². The molecule has 5 nitrogen and oxygen atoms in total. The van der Waals surface area contributed by atoms with E-state index in [4.69, 9.17) is 5.26 Å². The fourth-order valence-electron chi connectivity index (χ4n) is 1.59. The van der Waals surface area contributed by atoms with Gasteiger partial charge in [-0.1, -0.05) is 6.92 Å². The second kappa shape index (κ2) is 6.80. The maximum Gasteiger partial charge on any atom is 0.224 e. The smallest absolute Gasteiger partial charge is 0.224 e. The van der Waals surface area contributed by atoms with Crippen LogP contribution in [-0.4, -0.2) is 29.6 Å². The molecule has 98 valence electrons. The van der Waals surface area contributed by atoms with E-state index in [-0.39, 0.29) is 6.04 Å². The normalized spacial score (nSPS) is 11.7. The molecular formula is C13H21N5. The van der Waals surface area contributed by atoms with Crippen molar-refractivity contribution in [3.63, 3.8) is 0 Å². The molecule has 0 aliphatic heterocycles. The van der Waals surface area contributed by atoms with E-state index < -0.39 is 0 Å². The van der Waals surface area contributed by atoms with Gasteiger partial charge in [-0.05, 0) is 20.3 Å². The predicted octanol–water partition coefficient (Wildman–Crippen LogP) is 2.35. The van der Waals surface area contributed by atoms with Crippen LogP contribution in [0.2, 0.25) is 0 Å². The van der Waals surface area contributed by atoms with Crippen molar-refractivity contribution in [1.29, 1.82) is 5.26 Å². The number of aromatic nitrogens is 2. The van der Waals surface area contributed by atoms with Crippen LogP contribution >= 0.6 is 0 Å². The molecule has 0 aromatic carbocycles. The molecule has 1 unspecified atom stereocenters. The largest absolute Gasteiger partial charge is 0.356 e. The molecule has 1 heterocycles. The lowest BCUT2D eigenvalue weighted by atomic mass is 10.2. The summed E-state index contributed by atoms with van der Waals surface area (Å²) in [5, 5.41) is 11.9. The van der Waals surface area contributed by atoms with Crippen LogP contribution < -0.4 is 10.2 Å². The van der Waals surface area contributed by atoms with E-state index >= 15 is 0 Å². The first-order chi connectivity index (χ1) is 8.60. The average molecular weight is 247 g/mol. The van der Waals surface area contributed by atoms with Crippen molar-refractivity contribution in [3.05, 3.63) is 11.8 Å². The highest BCUT2D eigenvalue weighted by atomic mass is 15.2. The summed E-state index contributed by atoms with van der Waals surface area (Å²) in [6.07, 6.45) is 3.33. The number of hydrogen-bond acceptors (Lipinski definition) is 5. The van der Waals surface area contributed by atoms with Crippen molar-refractivity contribution in [2.75, 3.05) is 23.8 Å². The SMILES string of the molecule is CCCNc1ncc(C)c(N(C)C(C)CC#N)n1. The van der Waals surface area contributed by atoms with E-state index in [9.17, 15) is 0 Å². The molecule has 1 rings (SSSR count). The number of hydrogen-bond donors (Lipinski definition) is 1. The summed E-state index contributed by atoms with van der Waals surface area (Å²) in [7, 11) is 1.96. The second-order valence-corrected chi connectivity index (χ2v) is 4.45. The van der Waals surface area contributed by atoms with E-state index in [0.717, 1.165) is 24.3 Å². The van der Waals surface area contributed by atoms with Crippen LogP contribution in [0.15, 0.2) is 6.20 Å². The van der Waals surface area contributed by atoms with Crippen LogP contribution in [0.25, 0.3) is 0 Å². The molecule has 5 heteroatoms. The quantitative estimate of drug-likeness (QED) is 0.836. The van der Waals surface area contributed by atoms with Gasteiger partial charge in [0, 0.05) is 31.4 Å². The lowest BCUT2D eigenvalue weighted by Gasteiger charge is -2.25. The van der Waals surface area contributed by atoms with E-state index in [0.29, 0.717) is 12.4 Å². The molecule has 0 saturated heterocycles. The Kier molecular flexibility index (Phi) is 5.37. The number of rotatable bonds is 6. The van der Waals surface area contributed by atoms with Crippen molar-refractivity contribution < 1.29 is 0 Å². The third kappa shape index (κ3) is 3.59. The Morgan fingerprint density at radius 3 is 2.89 bits per heavy atom. The minimum absolute atomic E-state index is 0.141. The first-order valence-corrected chi connectivity index (χ1v) is 6.27. The van der Waals surface area contributed by atoms with E-state index in [1.54, 1.807) is 0 Å². The fourth-order valence-corrected chi connectivity index (χ4v) is 1.59. The van der Waals surface area contributed by atoms with Gasteiger partial charge in [0.15, 0.2) is 0 Å². The van der Waals surface area contributed by atoms with Gasteiger partial charge in [0.05, 0.1) is 12.5 Å². The summed E-state index contributed by atoms with van der Waals surface area (Å²) in [6, 6.07) is 2.33. The van der Waals surface area contributed by atoms with Gasteiger partial charge in [0.1, 0.15) is 5.82 Å². The highest BCUT2D eigenvalue weighted by molar-refractivity contribution is 5.49. The molecule has 1 atom stereocenters. The molecule has 0 fully saturated rings. The van der Waals surface area contributed by atoms with Gasteiger partial charge in [-0.25, -0.2) is 4.98 Å². The van der Waals surface area contributed by atoms with Crippen LogP contribution in [0, 0.1) is 18.3 Å². The molecule has 0 saturated carbocycles. The summed E-state index contributed by atoms with van der Waals surface area (Å²) in [5.41, 5.74) is 1.02. The van der Waals surface area contributed by atoms with Gasteiger partial charge in [0.2, 0.25) is 5.95 Å². The average Bonchev–Trinajstić information content (AvgIpc) is 2.37. The molecule has 0 spiro atoms. The van der Waals surface area contributed by atoms with Gasteiger partial charge < -0.3 is 10.2 Å². The molecule has 1 aromatic rings. The highest BCUT2D eigenvalue weighted by Crippen LogP contribution is 2.19. The number of nitriles is 1. The molecule has 0 radical (unpaired) electrons. The Hall–Kier alpha value is -1.83. The standard InChI is InChI=1S/C13H21N5/c1-5-8-15-13-16-9-10(2)12(17-13)18(4)11(3)6-7-14/h9,11H,5-6,8H2,1-4H3,(H,15,16,17). The summed E-state index contributed by atoms with van der Waals surface area (Å²) >= 11 is 0. The Balaban J connectivity index is 2.89. The van der Waals surface area contributed by atoms with Crippen LogP contribution in [-0.2, 0) is 0 Å². The van der Waals surface area contributed by atoms with Crippen LogP contribution in [0.3, 0.4) is 0 Å². The molecule has 0 bridgehead atoms. The van der Waals surface area contributed by atoms with Gasteiger partial charge >= 0.3 is 0 Å². The Labute approximate surface area is 109 Å². The number of nitrogens with one attached hydrogen (secondary N) is 1. The first kappa shape index (κ1) is 14.2. The Morgan fingerprint density at radius 1 is 1.56 bits per heavy atom. The van der Waals surface area contributed by atoms with Gasteiger partial charge in [-0.3, -0.25) is 0 Å². The van der Waals surface area contributed by atoms with Crippen molar-refractivity contribution in [1.82, 2.24) is 9.97 Å². The zero-order chi connectivity index (χ0) is 13.5. The minimum Gasteiger partial charge on any atom is -0.356 e. The Morgan fingerprint density at radius 2 is 2.28 bits per heavy atom. The monoisotopic (exact) mass is 247 g/mol. The lowest BCUT2D eigenvalue weighted by molar-refractivity contribution is 0.690. The molecule has 0 aliphatic rings. The predicted molar refractivity (Wildman–Crippen MR) is 73.6 cm³/mol. The van der Waals surface area contributed by atoms with Crippen LogP contribution in [0.5, 0.6) is 0 Å². The van der Waals surface area contributed by atoms with Crippen molar-refractivity contribution >= 4 is 11.8 Å². The van der Waals surface area contributed by atoms with Gasteiger partial charge in [-0.2, -0.15) is 10.2 Å². The third-order valence-corrected chi connectivity index (χ3v) is 2.86. The summed E-state index contributed by atoms with van der Waals surface area (Å²) in [6.45, 7) is 6.96. The molecule has 18 heavy (non-hydrogen) atoms. The third-order valence-electron chi connectivity index (χ3n) is 2.86. The maximum atomic E-state index is 8.75. The van der Waals surface area contributed by atoms with E-state index in [2.05, 4.69) is 28.3 Å². The number of aryl methyl sites for hydroxylation is 1. The van der Waals surface area contributed by atoms with Gasteiger partial charge in [0.25, 0.3) is 0 Å². The number of anilines is 2. The number of nitrogens with zero attached hydrogens (tertiary/aromatic N) is 4. The second-order valence-electron chi connectivity index (χ2n) is 4.45. The summed E-state index contributed by atoms with van der Waals surface area (Å²) < 4.78 is 0.